The first-order valence-corrected chi connectivity index (χ1v) is 6.29. The van der Waals surface area contributed by atoms with Crippen molar-refractivity contribution in [2.45, 2.75) is 5.25 Å². The summed E-state index contributed by atoms with van der Waals surface area (Å²) in [4.78, 5) is 10.4. The Hall–Kier alpha value is -0.940. The van der Waals surface area contributed by atoms with E-state index in [-0.39, 0.29) is 15.9 Å². The molecule has 1 unspecified atom stereocenters. The summed E-state index contributed by atoms with van der Waals surface area (Å²) in [6, 6.07) is 6.89. The Morgan fingerprint density at radius 1 is 1.36 bits per heavy atom. The van der Waals surface area contributed by atoms with Gasteiger partial charge in [-0.3, -0.25) is 10.1 Å². The molecule has 0 saturated carbocycles. The van der Waals surface area contributed by atoms with E-state index in [0.29, 0.717) is 0 Å². The van der Waals surface area contributed by atoms with E-state index in [4.69, 9.17) is 0 Å². The molecule has 5 heteroatoms. The van der Waals surface area contributed by atoms with Crippen LogP contribution in [0, 0.1) is 10.1 Å². The molecule has 2 rings (SSSR count). The molecule has 0 N–H and O–H groups in total. The van der Waals surface area contributed by atoms with Crippen LogP contribution >= 0.6 is 21.6 Å². The average Bonchev–Trinajstić information content (AvgIpc) is 2.70. The molecule has 0 radical (unpaired) electrons. The molecule has 1 aliphatic heterocycles. The first kappa shape index (κ1) is 9.61. The lowest BCUT2D eigenvalue weighted by Gasteiger charge is -2.06. The summed E-state index contributed by atoms with van der Waals surface area (Å²) in [6.45, 7) is 0. The molecule has 0 bridgehead atoms. The highest BCUT2D eigenvalue weighted by Gasteiger charge is 2.22. The van der Waals surface area contributed by atoms with Crippen LogP contribution < -0.4 is 0 Å². The Morgan fingerprint density at radius 3 is 2.79 bits per heavy atom. The third-order valence-electron chi connectivity index (χ3n) is 1.91. The van der Waals surface area contributed by atoms with Gasteiger partial charge in [0.2, 0.25) is 0 Å². The van der Waals surface area contributed by atoms with Gasteiger partial charge < -0.3 is 0 Å². The quantitative estimate of drug-likeness (QED) is 0.438. The van der Waals surface area contributed by atoms with Crippen LogP contribution in [0.15, 0.2) is 35.7 Å². The smallest absolute Gasteiger partial charge is 0.258 e. The second kappa shape index (κ2) is 4.06. The van der Waals surface area contributed by atoms with Crippen LogP contribution in [-0.4, -0.2) is 4.92 Å². The summed E-state index contributed by atoms with van der Waals surface area (Å²) in [6.07, 6.45) is 1.98. The molecule has 14 heavy (non-hydrogen) atoms. The fraction of sp³-hybridized carbons (Fsp3) is 0.111. The number of nitro benzene ring substituents is 1. The highest BCUT2D eigenvalue weighted by molar-refractivity contribution is 8.78. The summed E-state index contributed by atoms with van der Waals surface area (Å²) >= 11 is 0. The van der Waals surface area contributed by atoms with E-state index in [1.807, 2.05) is 23.6 Å². The standard InChI is InChI=1S/C9H7NO2S2/c11-10(12)8-4-2-1-3-7(8)9-5-6-13-14-9/h1-6,9H. The van der Waals surface area contributed by atoms with Gasteiger partial charge in [0.05, 0.1) is 10.2 Å². The monoisotopic (exact) mass is 225 g/mol. The van der Waals surface area contributed by atoms with Crippen molar-refractivity contribution >= 4 is 27.3 Å². The van der Waals surface area contributed by atoms with E-state index in [2.05, 4.69) is 0 Å². The molecular weight excluding hydrogens is 218 g/mol. The van der Waals surface area contributed by atoms with Gasteiger partial charge in [0.1, 0.15) is 0 Å². The minimum Gasteiger partial charge on any atom is -0.258 e. The lowest BCUT2D eigenvalue weighted by Crippen LogP contribution is -1.95. The predicted molar refractivity (Wildman–Crippen MR) is 60.2 cm³/mol. The summed E-state index contributed by atoms with van der Waals surface area (Å²) < 4.78 is 0. The second-order valence-electron chi connectivity index (χ2n) is 2.76. The van der Waals surface area contributed by atoms with Crippen molar-refractivity contribution in [3.8, 4) is 0 Å². The van der Waals surface area contributed by atoms with Crippen molar-refractivity contribution in [3.05, 3.63) is 51.4 Å². The minimum absolute atomic E-state index is 0.113. The van der Waals surface area contributed by atoms with E-state index >= 15 is 0 Å². The van der Waals surface area contributed by atoms with Gasteiger partial charge in [0.15, 0.2) is 0 Å². The van der Waals surface area contributed by atoms with Crippen molar-refractivity contribution in [3.63, 3.8) is 0 Å². The largest absolute Gasteiger partial charge is 0.274 e. The summed E-state index contributed by atoms with van der Waals surface area (Å²) in [5, 5.41) is 12.8. The molecule has 0 saturated heterocycles. The number of rotatable bonds is 2. The molecule has 1 aromatic rings. The Kier molecular flexibility index (Phi) is 2.79. The third kappa shape index (κ3) is 1.78. The molecule has 1 atom stereocenters. The zero-order chi connectivity index (χ0) is 9.97. The van der Waals surface area contributed by atoms with Crippen LogP contribution in [0.5, 0.6) is 0 Å². The van der Waals surface area contributed by atoms with Gasteiger partial charge in [-0.2, -0.15) is 0 Å². The molecular formula is C9H7NO2S2. The average molecular weight is 225 g/mol. The second-order valence-corrected chi connectivity index (χ2v) is 5.08. The third-order valence-corrected chi connectivity index (χ3v) is 4.19. The maximum absolute atomic E-state index is 10.7. The van der Waals surface area contributed by atoms with Crippen LogP contribution in [0.1, 0.15) is 10.8 Å². The zero-order valence-corrected chi connectivity index (χ0v) is 8.75. The molecule has 1 aromatic carbocycles. The Labute approximate surface area is 89.1 Å². The van der Waals surface area contributed by atoms with Crippen LogP contribution in [0.3, 0.4) is 0 Å². The number of nitro groups is 1. The zero-order valence-electron chi connectivity index (χ0n) is 7.12. The van der Waals surface area contributed by atoms with E-state index in [1.165, 1.54) is 0 Å². The summed E-state index contributed by atoms with van der Waals surface area (Å²) in [5.41, 5.74) is 0.987. The molecule has 3 nitrogen and oxygen atoms in total. The van der Waals surface area contributed by atoms with Crippen molar-refractivity contribution in [1.82, 2.24) is 0 Å². The number of para-hydroxylation sites is 1. The summed E-state index contributed by atoms with van der Waals surface area (Å²) in [7, 11) is 3.24. The molecule has 1 heterocycles. The highest BCUT2D eigenvalue weighted by Crippen LogP contribution is 2.47. The molecule has 0 spiro atoms. The summed E-state index contributed by atoms with van der Waals surface area (Å²) in [5.74, 6) is 0. The molecule has 72 valence electrons. The fourth-order valence-corrected chi connectivity index (χ4v) is 3.48. The van der Waals surface area contributed by atoms with Gasteiger partial charge in [-0.25, -0.2) is 0 Å². The van der Waals surface area contributed by atoms with Gasteiger partial charge in [-0.05, 0) is 5.41 Å². The number of nitrogens with zero attached hydrogens (tertiary/aromatic N) is 1. The Bertz CT molecular complexity index is 392. The SMILES string of the molecule is O=[N+]([O-])c1ccccc1C1C=CSS1. The number of hydrogen-bond donors (Lipinski definition) is 0. The normalized spacial score (nSPS) is 19.9. The maximum Gasteiger partial charge on any atom is 0.274 e. The van der Waals surface area contributed by atoms with Gasteiger partial charge in [0.25, 0.3) is 5.69 Å². The first-order valence-electron chi connectivity index (χ1n) is 4.01. The van der Waals surface area contributed by atoms with Crippen LogP contribution in [0.25, 0.3) is 0 Å². The molecule has 1 aliphatic rings. The van der Waals surface area contributed by atoms with Crippen molar-refractivity contribution in [2.24, 2.45) is 0 Å². The first-order chi connectivity index (χ1) is 6.79. The molecule has 0 amide bonds. The van der Waals surface area contributed by atoms with Crippen LogP contribution in [0.2, 0.25) is 0 Å². The van der Waals surface area contributed by atoms with Gasteiger partial charge >= 0.3 is 0 Å². The van der Waals surface area contributed by atoms with Crippen LogP contribution in [0.4, 0.5) is 5.69 Å². The van der Waals surface area contributed by atoms with E-state index in [0.717, 1.165) is 5.56 Å². The number of benzene rings is 1. The minimum atomic E-state index is -0.327. The van der Waals surface area contributed by atoms with Gasteiger partial charge in [-0.15, -0.1) is 0 Å². The van der Waals surface area contributed by atoms with E-state index < -0.39 is 0 Å². The predicted octanol–water partition coefficient (Wildman–Crippen LogP) is 3.54. The van der Waals surface area contributed by atoms with Crippen molar-refractivity contribution in [1.29, 1.82) is 0 Å². The number of hydrogen-bond acceptors (Lipinski definition) is 4. The topological polar surface area (TPSA) is 43.1 Å². The lowest BCUT2D eigenvalue weighted by molar-refractivity contribution is -0.385. The molecule has 0 aromatic heterocycles. The Balaban J connectivity index is 2.40. The van der Waals surface area contributed by atoms with Crippen LogP contribution in [-0.2, 0) is 0 Å². The fourth-order valence-electron chi connectivity index (χ4n) is 1.28. The van der Waals surface area contributed by atoms with Crippen molar-refractivity contribution in [2.75, 3.05) is 0 Å². The van der Waals surface area contributed by atoms with Gasteiger partial charge in [0, 0.05) is 11.6 Å². The Morgan fingerprint density at radius 2 is 2.14 bits per heavy atom. The van der Waals surface area contributed by atoms with Crippen molar-refractivity contribution < 1.29 is 4.92 Å². The van der Waals surface area contributed by atoms with E-state index in [1.54, 1.807) is 33.7 Å². The van der Waals surface area contributed by atoms with E-state index in [9.17, 15) is 10.1 Å². The molecule has 0 fully saturated rings. The lowest BCUT2D eigenvalue weighted by atomic mass is 10.1. The molecule has 0 aliphatic carbocycles. The maximum atomic E-state index is 10.7. The van der Waals surface area contributed by atoms with Gasteiger partial charge in [-0.1, -0.05) is 45.9 Å². The highest BCUT2D eigenvalue weighted by atomic mass is 33.1.